The molecule has 4 rings (SSSR count). The minimum absolute atomic E-state index is 0. The van der Waals surface area contributed by atoms with Gasteiger partial charge in [0.1, 0.15) is 5.78 Å². The van der Waals surface area contributed by atoms with E-state index in [-0.39, 0.29) is 51.2 Å². The van der Waals surface area contributed by atoms with E-state index in [1.54, 1.807) is 6.92 Å². The molecule has 4 aliphatic rings. The van der Waals surface area contributed by atoms with Crippen molar-refractivity contribution in [2.24, 2.45) is 46.3 Å². The molecule has 3 N–H and O–H groups in total. The van der Waals surface area contributed by atoms with Crippen LogP contribution in [0.25, 0.3) is 0 Å². The summed E-state index contributed by atoms with van der Waals surface area (Å²) in [5.41, 5.74) is 3.42. The lowest BCUT2D eigenvalue weighted by molar-refractivity contribution is -0.184. The lowest BCUT2D eigenvalue weighted by Gasteiger charge is -2.62. The standard InChI is InChI=1S/C29H50N2O4.H3P/c1-6-30-26(34)10-7-18(2)22-8-9-23-27-24(12-14-29(22,23)5)28(4)13-11-21(35-31-17-19(3)32)15-20(28)16-25(27)33;/h18,20-25,27,31,33H,6-17H2,1-5H3,(H,30,34);1H3/t18-,20-,21+,22?,23?,24?,25+,27?,28-,29+;/m0./s1. The highest BCUT2D eigenvalue weighted by Gasteiger charge is 2.62. The predicted octanol–water partition coefficient (Wildman–Crippen LogP) is 4.71. The van der Waals surface area contributed by atoms with E-state index in [4.69, 9.17) is 4.84 Å². The van der Waals surface area contributed by atoms with Gasteiger partial charge in [0.15, 0.2) is 0 Å². The van der Waals surface area contributed by atoms with Gasteiger partial charge < -0.3 is 10.4 Å². The maximum absolute atomic E-state index is 12.1. The molecule has 0 spiro atoms. The number of rotatable bonds is 9. The highest BCUT2D eigenvalue weighted by atomic mass is 31.0. The third-order valence-electron chi connectivity index (χ3n) is 11.2. The van der Waals surface area contributed by atoms with Crippen LogP contribution in [0.2, 0.25) is 0 Å². The summed E-state index contributed by atoms with van der Waals surface area (Å²) in [6.07, 6.45) is 10.5. The van der Waals surface area contributed by atoms with Gasteiger partial charge in [-0.25, -0.2) is 0 Å². The number of hydrogen-bond donors (Lipinski definition) is 3. The minimum Gasteiger partial charge on any atom is -0.393 e. The third-order valence-corrected chi connectivity index (χ3v) is 11.2. The van der Waals surface area contributed by atoms with Crippen molar-refractivity contribution in [3.8, 4) is 0 Å². The van der Waals surface area contributed by atoms with E-state index in [2.05, 4.69) is 31.6 Å². The largest absolute Gasteiger partial charge is 0.393 e. The first kappa shape index (κ1) is 30.0. The van der Waals surface area contributed by atoms with E-state index in [9.17, 15) is 14.7 Å². The van der Waals surface area contributed by atoms with E-state index in [1.807, 2.05) is 6.92 Å². The van der Waals surface area contributed by atoms with Gasteiger partial charge in [-0.1, -0.05) is 20.8 Å². The molecular weight excluding hydrogens is 471 g/mol. The molecule has 1 amide bonds. The van der Waals surface area contributed by atoms with Crippen LogP contribution in [0.15, 0.2) is 0 Å². The quantitative estimate of drug-likeness (QED) is 0.301. The van der Waals surface area contributed by atoms with E-state index in [1.165, 1.54) is 25.7 Å². The van der Waals surface area contributed by atoms with Gasteiger partial charge >= 0.3 is 0 Å². The van der Waals surface area contributed by atoms with Crippen molar-refractivity contribution in [3.05, 3.63) is 0 Å². The Morgan fingerprint density at radius 2 is 1.75 bits per heavy atom. The van der Waals surface area contributed by atoms with Crippen molar-refractivity contribution in [3.63, 3.8) is 0 Å². The maximum Gasteiger partial charge on any atom is 0.219 e. The van der Waals surface area contributed by atoms with Crippen LogP contribution in [0.5, 0.6) is 0 Å². The zero-order chi connectivity index (χ0) is 25.4. The van der Waals surface area contributed by atoms with Gasteiger partial charge in [-0.05, 0) is 118 Å². The Morgan fingerprint density at radius 1 is 1.06 bits per heavy atom. The molecule has 0 heterocycles. The number of carbonyl (C=O) groups is 2. The normalized spacial score (nSPS) is 42.3. The molecule has 0 aromatic rings. The summed E-state index contributed by atoms with van der Waals surface area (Å²) < 4.78 is 0. The molecule has 0 bridgehead atoms. The molecule has 5 unspecified atom stereocenters. The topological polar surface area (TPSA) is 87.7 Å². The third kappa shape index (κ3) is 5.72. The molecule has 11 atom stereocenters. The average Bonchev–Trinajstić information content (AvgIpc) is 3.15. The number of hydroxylamine groups is 1. The summed E-state index contributed by atoms with van der Waals surface area (Å²) >= 11 is 0. The molecule has 0 aliphatic heterocycles. The van der Waals surface area contributed by atoms with E-state index >= 15 is 0 Å². The van der Waals surface area contributed by atoms with Gasteiger partial charge in [-0.3, -0.25) is 14.4 Å². The summed E-state index contributed by atoms with van der Waals surface area (Å²) in [5, 5.41) is 14.5. The van der Waals surface area contributed by atoms with Crippen LogP contribution in [-0.2, 0) is 14.4 Å². The van der Waals surface area contributed by atoms with Crippen molar-refractivity contribution in [1.29, 1.82) is 0 Å². The van der Waals surface area contributed by atoms with Crippen LogP contribution in [-0.4, -0.2) is 42.1 Å². The number of ketones is 1. The van der Waals surface area contributed by atoms with Gasteiger partial charge in [0.05, 0.1) is 18.8 Å². The Kier molecular flexibility index (Phi) is 10.1. The molecule has 7 heteroatoms. The van der Waals surface area contributed by atoms with Gasteiger partial charge in [-0.15, -0.1) is 0 Å². The maximum atomic E-state index is 12.1. The average molecular weight is 525 g/mol. The van der Waals surface area contributed by atoms with Crippen LogP contribution in [0.1, 0.15) is 98.8 Å². The highest BCUT2D eigenvalue weighted by Crippen LogP contribution is 2.68. The lowest BCUT2D eigenvalue weighted by atomic mass is 9.43. The molecule has 0 radical (unpaired) electrons. The zero-order valence-corrected chi connectivity index (χ0v) is 24.9. The number of Topliss-reactive ketones (excluding diaryl/α,β-unsaturated/α-hetero) is 1. The Balaban J connectivity index is 0.00000361. The van der Waals surface area contributed by atoms with Crippen LogP contribution < -0.4 is 10.8 Å². The molecule has 6 nitrogen and oxygen atoms in total. The van der Waals surface area contributed by atoms with Crippen molar-refractivity contribution in [1.82, 2.24) is 10.8 Å². The first-order valence-corrected chi connectivity index (χ1v) is 14.4. The summed E-state index contributed by atoms with van der Waals surface area (Å²) in [6, 6.07) is 0. The van der Waals surface area contributed by atoms with E-state index < -0.39 is 0 Å². The zero-order valence-electron chi connectivity index (χ0n) is 23.5. The summed E-state index contributed by atoms with van der Waals surface area (Å²) in [4.78, 5) is 29.2. The molecule has 0 saturated heterocycles. The molecule has 208 valence electrons. The van der Waals surface area contributed by atoms with Gasteiger partial charge in [0.2, 0.25) is 5.91 Å². The van der Waals surface area contributed by atoms with Crippen LogP contribution in [0.3, 0.4) is 0 Å². The number of hydrogen-bond acceptors (Lipinski definition) is 5. The molecule has 0 aromatic carbocycles. The summed E-state index contributed by atoms with van der Waals surface area (Å²) in [5.74, 6) is 3.53. The van der Waals surface area contributed by atoms with Crippen molar-refractivity contribution in [2.75, 3.05) is 13.1 Å². The number of nitrogens with one attached hydrogen (secondary N) is 2. The summed E-state index contributed by atoms with van der Waals surface area (Å²) in [6.45, 7) is 11.9. The molecule has 36 heavy (non-hydrogen) atoms. The number of aliphatic hydroxyl groups excluding tert-OH is 1. The number of aliphatic hydroxyl groups is 1. The van der Waals surface area contributed by atoms with Crippen LogP contribution in [0.4, 0.5) is 0 Å². The Hall–Kier alpha value is -0.550. The fraction of sp³-hybridized carbons (Fsp3) is 0.931. The highest BCUT2D eigenvalue weighted by molar-refractivity contribution is 6.92. The first-order valence-electron chi connectivity index (χ1n) is 14.4. The Bertz CT molecular complexity index is 780. The van der Waals surface area contributed by atoms with Gasteiger partial charge in [0, 0.05) is 13.0 Å². The molecular formula is C29H53N2O4P. The second-order valence-electron chi connectivity index (χ2n) is 13.0. The molecule has 4 aliphatic carbocycles. The van der Waals surface area contributed by atoms with Gasteiger partial charge in [0.25, 0.3) is 0 Å². The minimum atomic E-state index is -0.226. The number of fused-ring (bicyclic) bond motifs is 5. The Labute approximate surface area is 222 Å². The Morgan fingerprint density at radius 3 is 2.44 bits per heavy atom. The molecule has 4 saturated carbocycles. The second kappa shape index (κ2) is 12.1. The molecule has 4 fully saturated rings. The van der Waals surface area contributed by atoms with Crippen molar-refractivity contribution >= 4 is 21.6 Å². The second-order valence-corrected chi connectivity index (χ2v) is 13.0. The predicted molar refractivity (Wildman–Crippen MR) is 148 cm³/mol. The van der Waals surface area contributed by atoms with Crippen molar-refractivity contribution < 1.29 is 19.5 Å². The SMILES string of the molecule is CCNC(=O)CC[C@H](C)C1CCC2C3C(CC[C@@]21C)[C@@]1(C)CC[C@@H](ONCC(C)=O)C[C@H]1C[C@H]3O.P. The van der Waals surface area contributed by atoms with Crippen LogP contribution >= 0.6 is 9.90 Å². The van der Waals surface area contributed by atoms with Crippen molar-refractivity contribution in [2.45, 2.75) is 111 Å². The summed E-state index contributed by atoms with van der Waals surface area (Å²) in [7, 11) is 0. The van der Waals surface area contributed by atoms with Crippen LogP contribution in [0, 0.1) is 46.3 Å². The monoisotopic (exact) mass is 524 g/mol. The number of amides is 1. The first-order chi connectivity index (χ1) is 16.6. The van der Waals surface area contributed by atoms with Gasteiger partial charge in [-0.2, -0.15) is 15.4 Å². The smallest absolute Gasteiger partial charge is 0.219 e. The molecule has 0 aromatic heterocycles. The number of carbonyl (C=O) groups excluding carboxylic acids is 2. The van der Waals surface area contributed by atoms with E-state index in [0.717, 1.165) is 32.1 Å². The van der Waals surface area contributed by atoms with E-state index in [0.29, 0.717) is 48.5 Å². The fourth-order valence-corrected chi connectivity index (χ4v) is 9.37. The fourth-order valence-electron chi connectivity index (χ4n) is 9.37. The lowest BCUT2D eigenvalue weighted by Crippen LogP contribution is -2.59.